The van der Waals surface area contributed by atoms with Gasteiger partial charge >= 0.3 is 6.09 Å². The molecule has 26 nitrogen and oxygen atoms in total. The van der Waals surface area contributed by atoms with Crippen LogP contribution in [-0.2, 0) is 73.3 Å². The molecule has 18 rings (SSSR count). The zero-order chi connectivity index (χ0) is 103. The summed E-state index contributed by atoms with van der Waals surface area (Å²) in [6.07, 6.45) is 13.9. The van der Waals surface area contributed by atoms with Gasteiger partial charge in [0.05, 0.1) is 25.5 Å². The monoisotopic (exact) mass is 1970 g/mol. The molecule has 0 radical (unpaired) electrons. The van der Waals surface area contributed by atoms with Crippen LogP contribution in [-0.4, -0.2) is 194 Å². The van der Waals surface area contributed by atoms with Crippen molar-refractivity contribution in [2.75, 3.05) is 116 Å². The van der Waals surface area contributed by atoms with Gasteiger partial charge in [-0.05, 0) is 312 Å². The van der Waals surface area contributed by atoms with Crippen molar-refractivity contribution in [3.05, 3.63) is 284 Å². The molecule has 146 heavy (non-hydrogen) atoms. The lowest BCUT2D eigenvalue weighted by atomic mass is 9.64. The first kappa shape index (κ1) is 104. The minimum atomic E-state index is -0.797. The summed E-state index contributed by atoms with van der Waals surface area (Å²) in [5.74, 6) is 0.380. The number of amides is 6. The number of rotatable bonds is 33. The number of phenols is 1. The number of nitrogens with one attached hydrogen (secondary N) is 4. The number of aryl methyl sites for hydroxylation is 3. The molecule has 10 aromatic rings. The van der Waals surface area contributed by atoms with Crippen LogP contribution in [0.4, 0.5) is 27.5 Å². The van der Waals surface area contributed by atoms with E-state index in [9.17, 15) is 33.9 Å². The highest BCUT2D eigenvalue weighted by atomic mass is 16.7. The SMILES string of the molecule is CCN1c2cc3c(cc2C(C)CC1(C)C)C(c1ccccc1C(=O)N(C)CCCC(=O)NCCCOC(C)(C)OCCCOC(=O)NC)=c1cc2c4c(c1C3(C)C)CCC[N+]=4CCC2.CCN1c2cc3c(cc2C(C)CC1(C)C)C(c1ccccc1C(=O)N(C)CCCC(=O)NCCc1ccc(N=Nc2ccc(C(=O)NCc4ccc(-c5nnc(C)nn5)cc4)cc2)c(O)c1)=c1cc2c4c(c1C3(C)C)CCC[N+]=4CCC2. The second-order valence-corrected chi connectivity index (χ2v) is 43.8. The number of fused-ring (bicyclic) bond motifs is 8. The van der Waals surface area contributed by atoms with Gasteiger partial charge in [0.2, 0.25) is 28.4 Å². The Kier molecular flexibility index (Phi) is 31.3. The number of carbonyl (C=O) groups is 6. The van der Waals surface area contributed by atoms with Crippen molar-refractivity contribution in [2.45, 2.75) is 259 Å². The molecule has 26 heteroatoms. The maximum atomic E-state index is 14.9. The van der Waals surface area contributed by atoms with E-state index < -0.39 is 11.9 Å². The summed E-state index contributed by atoms with van der Waals surface area (Å²) in [6.45, 7) is 43.5. The molecule has 0 spiro atoms. The van der Waals surface area contributed by atoms with E-state index in [1.807, 2.05) is 82.5 Å². The van der Waals surface area contributed by atoms with E-state index in [-0.39, 0.29) is 70.2 Å². The zero-order valence-corrected chi connectivity index (χ0v) is 89.0. The number of aromatic hydroxyl groups is 1. The predicted octanol–water partition coefficient (Wildman–Crippen LogP) is 16.8. The van der Waals surface area contributed by atoms with E-state index in [1.54, 1.807) is 53.1 Å². The molecule has 2 unspecified atom stereocenters. The molecule has 6 amide bonds. The number of phenolic OH excluding ortho intramolecular Hbond substituents is 1. The Morgan fingerprint density at radius 1 is 0.534 bits per heavy atom. The van der Waals surface area contributed by atoms with Gasteiger partial charge in [0.1, 0.15) is 37.6 Å². The lowest BCUT2D eigenvalue weighted by Gasteiger charge is -2.48. The average molecular weight is 1970 g/mol. The Bertz CT molecular complexity index is 6980. The molecule has 2 aliphatic carbocycles. The Labute approximate surface area is 860 Å². The fraction of sp³-hybridized carbons (Fsp3) is 0.467. The Morgan fingerprint density at radius 3 is 1.51 bits per heavy atom. The first-order valence-electron chi connectivity index (χ1n) is 53.1. The fourth-order valence-corrected chi connectivity index (χ4v) is 24.6. The summed E-state index contributed by atoms with van der Waals surface area (Å²) in [4.78, 5) is 88.5. The minimum absolute atomic E-state index is 0.0280. The molecule has 5 N–H and O–H groups in total. The molecule has 0 saturated carbocycles. The van der Waals surface area contributed by atoms with E-state index in [4.69, 9.17) is 14.2 Å². The molecular weight excluding hydrogens is 1830 g/mol. The molecule has 0 saturated heterocycles. The fourth-order valence-electron chi connectivity index (χ4n) is 24.6. The van der Waals surface area contributed by atoms with Crippen LogP contribution in [0.15, 0.2) is 162 Å². The maximum Gasteiger partial charge on any atom is 0.406 e. The standard InChI is InChI=1S/C67H73N11O4.C53H73N5O6/c1-9-78-57-38-55-53(37-52(57)41(2)39-66(78,4)5)60(54-36-47-15-12-33-77-34-13-18-51(62(47)77)61(54)67(55,6)7)49-16-10-11-17-50(49)65(82)76(8)32-14-19-59(80)68-31-30-43-22-29-56(58(79)35-43)73-72-48-27-25-46(26-28-48)64(81)69-40-44-20-23-45(24-21-44)63-74-70-42(3)71-75-63;1-11-58-44-33-43-41(32-40(44)35(2)34-51(58,3)4)46(42-31-36-19-14-26-57-27-15-22-39(48(36)57)47(42)52(43,5)6)37-20-12-13-21-38(37)49(60)56(10)25-16-23-45(59)55-24-17-29-63-53(7,8)64-30-18-28-62-50(61)54-9/h10-11,16-17,20-29,35-38,41H,9,12-15,18-19,30-34,39-40H2,1-8H3,(H2-,68,69,72,79,80,81);12-13,20-21,31-33,35H,11,14-19,22-30,34H2,1-10H3,(H-,54,55,59,61)/p+2. The quantitative estimate of drug-likeness (QED) is 0.0111. The largest absolute Gasteiger partial charge is 0.506 e. The Morgan fingerprint density at radius 2 is 1.01 bits per heavy atom. The zero-order valence-electron chi connectivity index (χ0n) is 89.0. The van der Waals surface area contributed by atoms with Gasteiger partial charge < -0.3 is 60.2 Å². The first-order valence-corrected chi connectivity index (χ1v) is 53.1. The summed E-state index contributed by atoms with van der Waals surface area (Å²) >= 11 is 0. The lowest BCUT2D eigenvalue weighted by Crippen LogP contribution is -2.50. The van der Waals surface area contributed by atoms with Crippen LogP contribution in [0.2, 0.25) is 0 Å². The highest BCUT2D eigenvalue weighted by Gasteiger charge is 2.47. The van der Waals surface area contributed by atoms with Crippen molar-refractivity contribution in [1.29, 1.82) is 0 Å². The third-order valence-electron chi connectivity index (χ3n) is 31.4. The normalized spacial score (nSPS) is 17.1. The van der Waals surface area contributed by atoms with Gasteiger partial charge in [0, 0.05) is 190 Å². The first-order chi connectivity index (χ1) is 70.0. The molecule has 8 aliphatic rings. The van der Waals surface area contributed by atoms with Gasteiger partial charge in [0.25, 0.3) is 17.7 Å². The number of nitrogens with zero attached hydrogens (tertiary/aromatic N) is 12. The Hall–Kier alpha value is -13.2. The van der Waals surface area contributed by atoms with Crippen molar-refractivity contribution >= 4 is 69.5 Å². The third-order valence-corrected chi connectivity index (χ3v) is 31.4. The molecule has 766 valence electrons. The van der Waals surface area contributed by atoms with Crippen LogP contribution in [0.25, 0.3) is 22.5 Å². The van der Waals surface area contributed by atoms with Gasteiger partial charge in [-0.2, -0.15) is 5.11 Å². The summed E-state index contributed by atoms with van der Waals surface area (Å²) in [6, 6.07) is 50.9. The number of anilines is 2. The second-order valence-electron chi connectivity index (χ2n) is 43.8. The van der Waals surface area contributed by atoms with Crippen LogP contribution < -0.4 is 61.4 Å². The van der Waals surface area contributed by atoms with Crippen LogP contribution >= 0.6 is 0 Å². The number of carbonyl (C=O) groups excluding carboxylic acids is 6. The highest BCUT2D eigenvalue weighted by molar-refractivity contribution is 6.04. The maximum absolute atomic E-state index is 14.9. The lowest BCUT2D eigenvalue weighted by molar-refractivity contribution is -0.214. The Balaban J connectivity index is 0.000000206. The van der Waals surface area contributed by atoms with E-state index in [2.05, 4.69) is 215 Å². The predicted molar refractivity (Wildman–Crippen MR) is 576 cm³/mol. The molecule has 7 heterocycles. The van der Waals surface area contributed by atoms with Gasteiger partial charge in [0.15, 0.2) is 11.6 Å². The van der Waals surface area contributed by atoms with Gasteiger partial charge in [-0.3, -0.25) is 24.0 Å². The smallest absolute Gasteiger partial charge is 0.406 e. The molecule has 1 aromatic heterocycles. The highest BCUT2D eigenvalue weighted by Crippen LogP contribution is 2.53. The van der Waals surface area contributed by atoms with E-state index >= 15 is 0 Å². The molecule has 0 fully saturated rings. The summed E-state index contributed by atoms with van der Waals surface area (Å²) in [5.41, 5.74) is 28.3. The molecular formula is C120H148N16O10+2. The van der Waals surface area contributed by atoms with Crippen molar-refractivity contribution < 1.29 is 48.1 Å². The summed E-state index contributed by atoms with van der Waals surface area (Å²) in [7, 11) is 5.22. The molecule has 6 aliphatic heterocycles. The number of alkyl carbamates (subject to hydrolysis) is 1. The number of hydrogen-bond acceptors (Lipinski definition) is 18. The van der Waals surface area contributed by atoms with Gasteiger partial charge in [-0.1, -0.05) is 108 Å². The van der Waals surface area contributed by atoms with Crippen molar-refractivity contribution in [3.8, 4) is 17.1 Å². The second kappa shape index (κ2) is 43.8. The number of benzene rings is 9. The van der Waals surface area contributed by atoms with E-state index in [0.717, 1.165) is 137 Å². The third kappa shape index (κ3) is 21.8. The molecule has 2 atom stereocenters. The minimum Gasteiger partial charge on any atom is -0.506 e. The van der Waals surface area contributed by atoms with Crippen LogP contribution in [0.3, 0.4) is 0 Å². The van der Waals surface area contributed by atoms with Crippen molar-refractivity contribution in [2.24, 2.45) is 10.2 Å². The van der Waals surface area contributed by atoms with Crippen LogP contribution in [0.5, 0.6) is 5.75 Å². The number of aromatic nitrogens is 4. The van der Waals surface area contributed by atoms with Crippen molar-refractivity contribution in [1.82, 2.24) is 60.6 Å². The number of ether oxygens (including phenoxy) is 3. The average Bonchev–Trinajstić information content (AvgIpc) is 0.694. The molecule has 9 aromatic carbocycles. The number of hydrogen-bond donors (Lipinski definition) is 5. The summed E-state index contributed by atoms with van der Waals surface area (Å²) < 4.78 is 22.0. The van der Waals surface area contributed by atoms with Gasteiger partial charge in [-0.15, -0.1) is 25.5 Å². The number of azo groups is 1. The van der Waals surface area contributed by atoms with Crippen LogP contribution in [0.1, 0.15) is 312 Å². The topological polar surface area (TPSA) is 294 Å². The van der Waals surface area contributed by atoms with E-state index in [0.29, 0.717) is 136 Å². The van der Waals surface area contributed by atoms with Crippen LogP contribution in [0, 0.1) is 6.92 Å². The van der Waals surface area contributed by atoms with E-state index in [1.165, 1.54) is 112 Å². The molecule has 0 bridgehead atoms. The van der Waals surface area contributed by atoms with Crippen molar-refractivity contribution in [3.63, 3.8) is 0 Å². The summed E-state index contributed by atoms with van der Waals surface area (Å²) in [5, 5.41) is 52.3. The van der Waals surface area contributed by atoms with Gasteiger partial charge in [-0.25, -0.2) is 13.9 Å².